The van der Waals surface area contributed by atoms with Gasteiger partial charge in [0.1, 0.15) is 0 Å². The first-order chi connectivity index (χ1) is 60.5. The summed E-state index contributed by atoms with van der Waals surface area (Å²) in [6.45, 7) is 0. The number of nitrogens with one attached hydrogen (secondary N) is 1. The Kier molecular flexibility index (Phi) is 30.7. The standard InChI is InChI=1S/C27H18BrNO.2C16H10BrNO2.C16H12BrN.C11H7ClO.C10H6Br2.C6H6BNO4/c28-25-16-15-22(21-9-3-4-10-23(21)25)24-11-5-6-12-26(24)29-27(30)20-14-13-18-7-1-2-8-19(18)17-20;2*17-15-10-9-12(11-5-1-2-6-13(11)15)14-7-3-4-8-16(14)18(19)20;17-15-10-9-12(11-5-1-2-6-13(11)15)14-7-3-4-8-16(14)18;12-11(13)10-6-5-8-3-1-2-4-9(8)7-10;11-9-5-6-10(12)8-4-2-1-3-7(8)9;9-7(10)5-3-1-2-4-6(5)8(11)12/h1-17H,(H,29,30);2*1-10H;1-10H,18H2;1-7H;1-6H;1-4,9-10H. The number of benzene rings is 19. The highest BCUT2D eigenvalue weighted by Crippen LogP contribution is 2.42. The van der Waals surface area contributed by atoms with E-state index in [-0.39, 0.29) is 38.3 Å². The Morgan fingerprint density at radius 3 is 0.928 bits per heavy atom. The summed E-state index contributed by atoms with van der Waals surface area (Å²) in [5.74, 6) is -0.116. The molecule has 0 aliphatic heterocycles. The third-order valence-corrected chi connectivity index (χ3v) is 24.6. The van der Waals surface area contributed by atoms with Crippen molar-refractivity contribution >= 4 is 235 Å². The average Bonchev–Trinajstić information content (AvgIpc) is 0.791. The summed E-state index contributed by atoms with van der Waals surface area (Å²) in [4.78, 5) is 55.3. The number of nitrogens with zero attached hydrogens (tertiary/aromatic N) is 3. The summed E-state index contributed by atoms with van der Waals surface area (Å²) in [5, 5.41) is 68.4. The lowest BCUT2D eigenvalue weighted by Crippen LogP contribution is -2.31. The van der Waals surface area contributed by atoms with Gasteiger partial charge < -0.3 is 21.1 Å². The van der Waals surface area contributed by atoms with Crippen molar-refractivity contribution in [1.29, 1.82) is 0 Å². The molecule has 0 heterocycles. The summed E-state index contributed by atoms with van der Waals surface area (Å²) < 4.78 is 6.41. The van der Waals surface area contributed by atoms with Gasteiger partial charge in [0.2, 0.25) is 0 Å². The Labute approximate surface area is 774 Å². The van der Waals surface area contributed by atoms with Crippen LogP contribution in [0.4, 0.5) is 28.4 Å². The van der Waals surface area contributed by atoms with Gasteiger partial charge in [-0.15, -0.1) is 0 Å². The van der Waals surface area contributed by atoms with Gasteiger partial charge in [-0.1, -0.05) is 381 Å². The maximum atomic E-state index is 13.0. The van der Waals surface area contributed by atoms with E-state index in [1.54, 1.807) is 36.4 Å². The second-order valence-electron chi connectivity index (χ2n) is 27.9. The van der Waals surface area contributed by atoms with Crippen molar-refractivity contribution in [3.8, 4) is 44.5 Å². The largest absolute Gasteiger partial charge is 0.495 e. The lowest BCUT2D eigenvalue weighted by Gasteiger charge is -2.14. The lowest BCUT2D eigenvalue weighted by molar-refractivity contribution is -0.384. The number of nitrogen functional groups attached to an aromatic ring is 1. The number of nitro benzene ring substituents is 3. The van der Waals surface area contributed by atoms with E-state index in [0.29, 0.717) is 22.3 Å². The minimum Gasteiger partial charge on any atom is -0.423 e. The Morgan fingerprint density at radius 1 is 0.288 bits per heavy atom. The molecule has 19 aromatic rings. The van der Waals surface area contributed by atoms with Crippen LogP contribution >= 0.6 is 107 Å². The van der Waals surface area contributed by atoms with Crippen molar-refractivity contribution in [3.63, 3.8) is 0 Å². The molecule has 23 heteroatoms. The molecular formula is C102H69BBr6ClN5O10. The van der Waals surface area contributed by atoms with E-state index >= 15 is 0 Å². The van der Waals surface area contributed by atoms with Gasteiger partial charge in [0.25, 0.3) is 28.2 Å². The molecule has 0 aliphatic rings. The molecule has 0 unspecified atom stereocenters. The summed E-state index contributed by atoms with van der Waals surface area (Å²) >= 11 is 26.7. The van der Waals surface area contributed by atoms with Crippen LogP contribution in [-0.2, 0) is 0 Å². The van der Waals surface area contributed by atoms with Gasteiger partial charge in [-0.05, 0) is 194 Å². The normalized spacial score (nSPS) is 10.6. The summed E-state index contributed by atoms with van der Waals surface area (Å²) in [5.41, 5.74) is 16.1. The van der Waals surface area contributed by atoms with Crippen LogP contribution in [0.2, 0.25) is 0 Å². The Bertz CT molecular complexity index is 7100. The van der Waals surface area contributed by atoms with E-state index in [9.17, 15) is 39.9 Å². The molecule has 0 aliphatic carbocycles. The van der Waals surface area contributed by atoms with E-state index in [4.69, 9.17) is 27.4 Å². The monoisotopic (exact) mass is 2040 g/mol. The molecule has 0 radical (unpaired) electrons. The first-order valence-electron chi connectivity index (χ1n) is 38.5. The highest BCUT2D eigenvalue weighted by molar-refractivity contribution is 9.11. The van der Waals surface area contributed by atoms with E-state index in [1.165, 1.54) is 63.5 Å². The number of fused-ring (bicyclic) bond motifs is 7. The molecule has 0 bridgehead atoms. The van der Waals surface area contributed by atoms with Crippen molar-refractivity contribution in [2.75, 3.05) is 11.1 Å². The first-order valence-corrected chi connectivity index (χ1v) is 43.7. The van der Waals surface area contributed by atoms with E-state index < -0.39 is 17.3 Å². The van der Waals surface area contributed by atoms with E-state index in [0.717, 1.165) is 120 Å². The van der Waals surface area contributed by atoms with Crippen LogP contribution in [0.5, 0.6) is 0 Å². The molecule has 0 saturated heterocycles. The number of carbonyl (C=O) groups excluding carboxylic acids is 2. The van der Waals surface area contributed by atoms with Crippen molar-refractivity contribution in [3.05, 3.63) is 457 Å². The minimum atomic E-state index is -1.80. The Morgan fingerprint density at radius 2 is 0.560 bits per heavy atom. The second kappa shape index (κ2) is 42.6. The molecule has 125 heavy (non-hydrogen) atoms. The smallest absolute Gasteiger partial charge is 0.423 e. The van der Waals surface area contributed by atoms with Crippen molar-refractivity contribution in [2.45, 2.75) is 0 Å². The third-order valence-electron chi connectivity index (χ3n) is 20.2. The van der Waals surface area contributed by atoms with Crippen LogP contribution in [0.25, 0.3) is 120 Å². The molecule has 15 nitrogen and oxygen atoms in total. The number of nitrogens with two attached hydrogens (primary N) is 1. The number of rotatable bonds is 11. The molecule has 19 aromatic carbocycles. The number of anilines is 2. The SMILES string of the molecule is Brc1ccc(Br)c2ccccc12.Nc1ccccc1-c1ccc(Br)c2ccccc12.O=C(Cl)c1ccc2ccccc2c1.O=C(Nc1ccccc1-c1ccc(Br)c2ccccc12)c1ccc2ccccc2c1.O=[N+]([O-])c1ccccc1-c1ccc(Br)c2ccccc12.O=[N+]([O-])c1ccccc1-c1ccc(Br)c2ccccc12.O=[N+]([O-])c1ccccc1B(O)O. The van der Waals surface area contributed by atoms with Crippen molar-refractivity contribution < 1.29 is 34.4 Å². The van der Waals surface area contributed by atoms with Gasteiger partial charge in [-0.25, -0.2) is 0 Å². The fourth-order valence-electron chi connectivity index (χ4n) is 14.2. The number of nitro groups is 3. The Hall–Kier alpha value is -12.7. The van der Waals surface area contributed by atoms with Crippen LogP contribution in [-0.4, -0.2) is 43.1 Å². The van der Waals surface area contributed by atoms with Crippen molar-refractivity contribution in [1.82, 2.24) is 0 Å². The summed E-state index contributed by atoms with van der Waals surface area (Å²) in [7, 11) is -1.80. The van der Waals surface area contributed by atoms with Gasteiger partial charge in [0.05, 0.1) is 31.4 Å². The van der Waals surface area contributed by atoms with Crippen molar-refractivity contribution in [2.24, 2.45) is 0 Å². The fourth-order valence-corrected chi connectivity index (χ4v) is 17.2. The molecule has 5 N–H and O–H groups in total. The number of hydrogen-bond acceptors (Lipinski definition) is 11. The Balaban J connectivity index is 0.000000128. The average molecular weight is 2050 g/mol. The predicted molar refractivity (Wildman–Crippen MR) is 534 cm³/mol. The molecule has 0 aromatic heterocycles. The zero-order chi connectivity index (χ0) is 88.2. The number of amides is 1. The van der Waals surface area contributed by atoms with Crippen LogP contribution in [0.1, 0.15) is 20.7 Å². The molecule has 0 fully saturated rings. The predicted octanol–water partition coefficient (Wildman–Crippen LogP) is 29.7. The lowest BCUT2D eigenvalue weighted by atomic mass is 9.79. The quantitative estimate of drug-likeness (QED) is 0.0312. The molecule has 19 rings (SSSR count). The highest BCUT2D eigenvalue weighted by Gasteiger charge is 2.24. The zero-order valence-corrected chi connectivity index (χ0v) is 76.0. The van der Waals surface area contributed by atoms with Gasteiger partial charge in [-0.3, -0.25) is 39.9 Å². The number of carbonyl (C=O) groups is 2. The van der Waals surface area contributed by atoms with Crippen LogP contribution in [0.3, 0.4) is 0 Å². The van der Waals surface area contributed by atoms with Crippen LogP contribution in [0.15, 0.2) is 415 Å². The van der Waals surface area contributed by atoms with Gasteiger partial charge in [-0.2, -0.15) is 0 Å². The van der Waals surface area contributed by atoms with E-state index in [2.05, 4.69) is 174 Å². The molecular weight excluding hydrogens is 1980 g/mol. The van der Waals surface area contributed by atoms with Crippen LogP contribution in [0, 0.1) is 30.3 Å². The minimum absolute atomic E-state index is 0.0949. The van der Waals surface area contributed by atoms with Gasteiger partial charge in [0, 0.05) is 78.7 Å². The number of hydrogen-bond donors (Lipinski definition) is 4. The molecule has 1 amide bonds. The third kappa shape index (κ3) is 21.9. The second-order valence-corrected chi connectivity index (χ2v) is 33.3. The maximum absolute atomic E-state index is 13.0. The topological polar surface area (TPSA) is 242 Å². The fraction of sp³-hybridized carbons (Fsp3) is 0. The number of para-hydroxylation sites is 5. The molecule has 0 atom stereocenters. The molecule has 0 saturated carbocycles. The molecule has 0 spiro atoms. The zero-order valence-electron chi connectivity index (χ0n) is 65.8. The summed E-state index contributed by atoms with van der Waals surface area (Å²) in [6, 6.07) is 123. The summed E-state index contributed by atoms with van der Waals surface area (Å²) in [6.07, 6.45) is 0. The van der Waals surface area contributed by atoms with Gasteiger partial charge in [0.15, 0.2) is 0 Å². The van der Waals surface area contributed by atoms with Crippen LogP contribution < -0.4 is 16.5 Å². The highest BCUT2D eigenvalue weighted by atomic mass is 79.9. The van der Waals surface area contributed by atoms with E-state index in [1.807, 2.05) is 243 Å². The first kappa shape index (κ1) is 90.0. The van der Waals surface area contributed by atoms with Gasteiger partial charge >= 0.3 is 7.12 Å². The maximum Gasteiger partial charge on any atom is 0.495 e. The molecule has 614 valence electrons. The number of halogens is 7.